The van der Waals surface area contributed by atoms with Crippen LogP contribution in [0.4, 0.5) is 0 Å². The molecule has 2 unspecified atom stereocenters. The number of aromatic nitrogens is 1. The number of rotatable bonds is 7. The van der Waals surface area contributed by atoms with E-state index in [9.17, 15) is 14.7 Å². The molecule has 5 nitrogen and oxygen atoms in total. The van der Waals surface area contributed by atoms with Gasteiger partial charge in [0.15, 0.2) is 0 Å². The van der Waals surface area contributed by atoms with E-state index in [0.29, 0.717) is 0 Å². The second kappa shape index (κ2) is 7.02. The quantitative estimate of drug-likeness (QED) is 0.811. The molecular formula is C15H24N2O3S. The number of carbonyl (C=O) groups excluding carboxylic acids is 1. The predicted molar refractivity (Wildman–Crippen MR) is 83.2 cm³/mol. The van der Waals surface area contributed by atoms with Crippen molar-refractivity contribution in [2.75, 3.05) is 0 Å². The summed E-state index contributed by atoms with van der Waals surface area (Å²) in [6.45, 7) is 9.17. The number of aryl methyl sites for hydroxylation is 1. The van der Waals surface area contributed by atoms with E-state index in [1.54, 1.807) is 18.3 Å². The maximum Gasteiger partial charge on any atom is 0.310 e. The van der Waals surface area contributed by atoms with Gasteiger partial charge in [-0.25, -0.2) is 4.98 Å². The molecular weight excluding hydrogens is 288 g/mol. The Morgan fingerprint density at radius 2 is 2.05 bits per heavy atom. The zero-order chi connectivity index (χ0) is 16.2. The molecule has 0 radical (unpaired) electrons. The molecule has 0 aliphatic rings. The lowest BCUT2D eigenvalue weighted by Gasteiger charge is -2.28. The summed E-state index contributed by atoms with van der Waals surface area (Å²) in [5, 5.41) is 13.0. The van der Waals surface area contributed by atoms with E-state index < -0.39 is 11.4 Å². The van der Waals surface area contributed by atoms with Crippen molar-refractivity contribution < 1.29 is 14.7 Å². The van der Waals surface area contributed by atoms with Crippen LogP contribution < -0.4 is 5.32 Å². The average Bonchev–Trinajstić information content (AvgIpc) is 2.86. The van der Waals surface area contributed by atoms with Gasteiger partial charge in [0, 0.05) is 17.5 Å². The monoisotopic (exact) mass is 312 g/mol. The summed E-state index contributed by atoms with van der Waals surface area (Å²) >= 11 is 1.57. The first-order chi connectivity index (χ1) is 9.70. The Hall–Kier alpha value is -1.43. The third-order valence-electron chi connectivity index (χ3n) is 3.96. The van der Waals surface area contributed by atoms with E-state index in [1.807, 2.05) is 27.0 Å². The fourth-order valence-electron chi connectivity index (χ4n) is 1.90. The van der Waals surface area contributed by atoms with Crippen molar-refractivity contribution in [3.05, 3.63) is 16.1 Å². The number of thiazole rings is 1. The smallest absolute Gasteiger partial charge is 0.310 e. The van der Waals surface area contributed by atoms with Crippen LogP contribution in [0.5, 0.6) is 0 Å². The second-order valence-corrected chi connectivity index (χ2v) is 7.01. The SMILES string of the molecule is CCc1cnc(C(C)NC(=O)CC(C)(C(=O)O)C(C)C)s1. The lowest BCUT2D eigenvalue weighted by Crippen LogP contribution is -2.39. The first kappa shape index (κ1) is 17.6. The molecule has 1 amide bonds. The van der Waals surface area contributed by atoms with Crippen LogP contribution in [0.3, 0.4) is 0 Å². The molecule has 1 rings (SSSR count). The molecule has 118 valence electrons. The molecule has 0 saturated heterocycles. The molecule has 1 aromatic heterocycles. The number of nitrogens with zero attached hydrogens (tertiary/aromatic N) is 1. The fraction of sp³-hybridized carbons (Fsp3) is 0.667. The molecule has 21 heavy (non-hydrogen) atoms. The zero-order valence-electron chi connectivity index (χ0n) is 13.3. The summed E-state index contributed by atoms with van der Waals surface area (Å²) < 4.78 is 0. The van der Waals surface area contributed by atoms with Crippen molar-refractivity contribution in [1.82, 2.24) is 10.3 Å². The van der Waals surface area contributed by atoms with E-state index in [1.165, 1.54) is 4.88 Å². The molecule has 1 aromatic rings. The number of amides is 1. The Morgan fingerprint density at radius 1 is 1.43 bits per heavy atom. The number of nitrogens with one attached hydrogen (secondary N) is 1. The van der Waals surface area contributed by atoms with Crippen LogP contribution in [0.2, 0.25) is 0 Å². The minimum absolute atomic E-state index is 0.0314. The summed E-state index contributed by atoms with van der Waals surface area (Å²) in [5.41, 5.74) is -1.05. The maximum atomic E-state index is 12.1. The van der Waals surface area contributed by atoms with Gasteiger partial charge < -0.3 is 10.4 Å². The summed E-state index contributed by atoms with van der Waals surface area (Å²) in [5.74, 6) is -1.32. The van der Waals surface area contributed by atoms with Gasteiger partial charge in [-0.3, -0.25) is 9.59 Å². The van der Waals surface area contributed by atoms with Gasteiger partial charge in [0.1, 0.15) is 5.01 Å². The minimum atomic E-state index is -1.05. The number of aliphatic carboxylic acids is 1. The van der Waals surface area contributed by atoms with Gasteiger partial charge in [0.2, 0.25) is 5.91 Å². The van der Waals surface area contributed by atoms with Crippen molar-refractivity contribution in [1.29, 1.82) is 0 Å². The van der Waals surface area contributed by atoms with E-state index in [2.05, 4.69) is 17.2 Å². The first-order valence-corrected chi connectivity index (χ1v) is 7.99. The van der Waals surface area contributed by atoms with Crippen molar-refractivity contribution in [2.45, 2.75) is 53.5 Å². The minimum Gasteiger partial charge on any atom is -0.481 e. The standard InChI is InChI=1S/C15H24N2O3S/c1-6-11-8-16-13(21-11)10(4)17-12(18)7-15(5,9(2)3)14(19)20/h8-10H,6-7H2,1-5H3,(H,17,18)(H,19,20). The third kappa shape index (κ3) is 4.27. The van der Waals surface area contributed by atoms with Crippen molar-refractivity contribution in [3.63, 3.8) is 0 Å². The Labute approximate surface area is 129 Å². The van der Waals surface area contributed by atoms with E-state index in [0.717, 1.165) is 11.4 Å². The number of carboxylic acid groups (broad SMARTS) is 1. The number of hydrogen-bond donors (Lipinski definition) is 2. The van der Waals surface area contributed by atoms with E-state index >= 15 is 0 Å². The van der Waals surface area contributed by atoms with E-state index in [-0.39, 0.29) is 24.3 Å². The molecule has 0 bridgehead atoms. The second-order valence-electron chi connectivity index (χ2n) is 5.86. The molecule has 2 atom stereocenters. The van der Waals surface area contributed by atoms with Crippen LogP contribution in [-0.2, 0) is 16.0 Å². The summed E-state index contributed by atoms with van der Waals surface area (Å²) in [4.78, 5) is 29.0. The van der Waals surface area contributed by atoms with Crippen LogP contribution in [0.25, 0.3) is 0 Å². The lowest BCUT2D eigenvalue weighted by molar-refractivity contribution is -0.153. The molecule has 0 fully saturated rings. The first-order valence-electron chi connectivity index (χ1n) is 7.18. The molecule has 0 saturated carbocycles. The molecule has 2 N–H and O–H groups in total. The van der Waals surface area contributed by atoms with Gasteiger partial charge in [0.25, 0.3) is 0 Å². The Kier molecular flexibility index (Phi) is 5.89. The van der Waals surface area contributed by atoms with Crippen LogP contribution in [0, 0.1) is 11.3 Å². The lowest BCUT2D eigenvalue weighted by atomic mass is 9.76. The Morgan fingerprint density at radius 3 is 2.48 bits per heavy atom. The molecule has 1 heterocycles. The Bertz CT molecular complexity index is 513. The van der Waals surface area contributed by atoms with Crippen LogP contribution in [-0.4, -0.2) is 22.0 Å². The third-order valence-corrected chi connectivity index (χ3v) is 5.28. The summed E-state index contributed by atoms with van der Waals surface area (Å²) in [6.07, 6.45) is 2.71. The van der Waals surface area contributed by atoms with Gasteiger partial charge in [0.05, 0.1) is 11.5 Å². The highest BCUT2D eigenvalue weighted by Crippen LogP contribution is 2.31. The normalized spacial score (nSPS) is 15.5. The number of carbonyl (C=O) groups is 2. The van der Waals surface area contributed by atoms with Crippen LogP contribution in [0.1, 0.15) is 57.0 Å². The largest absolute Gasteiger partial charge is 0.481 e. The van der Waals surface area contributed by atoms with Gasteiger partial charge in [-0.15, -0.1) is 11.3 Å². The topological polar surface area (TPSA) is 79.3 Å². The fourth-order valence-corrected chi connectivity index (χ4v) is 2.76. The Balaban J connectivity index is 2.70. The molecule has 0 aromatic carbocycles. The average molecular weight is 312 g/mol. The van der Waals surface area contributed by atoms with Crippen molar-refractivity contribution >= 4 is 23.2 Å². The predicted octanol–water partition coefficient (Wildman–Crippen LogP) is 3.02. The van der Waals surface area contributed by atoms with Crippen molar-refractivity contribution in [2.24, 2.45) is 11.3 Å². The zero-order valence-corrected chi connectivity index (χ0v) is 14.1. The van der Waals surface area contributed by atoms with Crippen LogP contribution >= 0.6 is 11.3 Å². The van der Waals surface area contributed by atoms with Gasteiger partial charge in [-0.05, 0) is 26.2 Å². The summed E-state index contributed by atoms with van der Waals surface area (Å²) in [7, 11) is 0. The number of carboxylic acids is 1. The van der Waals surface area contributed by atoms with Crippen molar-refractivity contribution in [3.8, 4) is 0 Å². The van der Waals surface area contributed by atoms with Gasteiger partial charge in [-0.1, -0.05) is 20.8 Å². The molecule has 6 heteroatoms. The molecule has 0 aliphatic heterocycles. The molecule has 0 aliphatic carbocycles. The number of hydrogen-bond acceptors (Lipinski definition) is 4. The highest BCUT2D eigenvalue weighted by Gasteiger charge is 2.39. The van der Waals surface area contributed by atoms with Gasteiger partial charge >= 0.3 is 5.97 Å². The highest BCUT2D eigenvalue weighted by atomic mass is 32.1. The molecule has 0 spiro atoms. The van der Waals surface area contributed by atoms with E-state index in [4.69, 9.17) is 0 Å². The van der Waals surface area contributed by atoms with Gasteiger partial charge in [-0.2, -0.15) is 0 Å². The highest BCUT2D eigenvalue weighted by molar-refractivity contribution is 7.11. The summed E-state index contributed by atoms with van der Waals surface area (Å²) in [6, 6.07) is -0.201. The van der Waals surface area contributed by atoms with Crippen LogP contribution in [0.15, 0.2) is 6.20 Å². The maximum absolute atomic E-state index is 12.1.